The van der Waals surface area contributed by atoms with Gasteiger partial charge in [-0.05, 0) is 68.4 Å². The van der Waals surface area contributed by atoms with Gasteiger partial charge in [0.2, 0.25) is 12.3 Å². The highest BCUT2D eigenvalue weighted by molar-refractivity contribution is 6.34. The summed E-state index contributed by atoms with van der Waals surface area (Å²) in [5, 5.41) is 13.8. The second-order valence-corrected chi connectivity index (χ2v) is 11.5. The van der Waals surface area contributed by atoms with Crippen LogP contribution in [-0.4, -0.2) is 57.1 Å². The lowest BCUT2D eigenvalue weighted by Gasteiger charge is -2.27. The molecule has 1 N–H and O–H groups in total. The first-order valence-electron chi connectivity index (χ1n) is 13.7. The SMILES string of the molecule is O=C(O)c1ccc(-c2nn(C(=O)c3c(Cl)cccc3C3(C(F)F)CC3)c3c2CCC(C(=O)N2CCCC2)C3)c(F)c1. The van der Waals surface area contributed by atoms with Crippen molar-refractivity contribution in [3.05, 3.63) is 75.2 Å². The maximum Gasteiger partial charge on any atom is 0.335 e. The number of benzene rings is 2. The van der Waals surface area contributed by atoms with Gasteiger partial charge in [-0.15, -0.1) is 0 Å². The highest BCUT2D eigenvalue weighted by Gasteiger charge is 2.54. The van der Waals surface area contributed by atoms with E-state index < -0.39 is 35.5 Å². The zero-order valence-electron chi connectivity index (χ0n) is 22.0. The van der Waals surface area contributed by atoms with Gasteiger partial charge in [0.05, 0.1) is 33.0 Å². The van der Waals surface area contributed by atoms with Gasteiger partial charge in [0.15, 0.2) is 0 Å². The average Bonchev–Trinajstić information content (AvgIpc) is 3.42. The number of rotatable bonds is 6. The van der Waals surface area contributed by atoms with Crippen molar-refractivity contribution < 1.29 is 32.7 Å². The number of likely N-dealkylation sites (tertiary alicyclic amines) is 1. The van der Waals surface area contributed by atoms with Crippen LogP contribution in [0.25, 0.3) is 11.3 Å². The quantitative estimate of drug-likeness (QED) is 0.397. The van der Waals surface area contributed by atoms with Crippen LogP contribution in [0.1, 0.15) is 69.6 Å². The number of hydrogen-bond acceptors (Lipinski definition) is 4. The molecule has 1 aromatic heterocycles. The highest BCUT2D eigenvalue weighted by Crippen LogP contribution is 2.54. The topological polar surface area (TPSA) is 92.5 Å². The average molecular weight is 586 g/mol. The Morgan fingerprint density at radius 3 is 2.46 bits per heavy atom. The molecule has 1 saturated carbocycles. The fraction of sp³-hybridized carbons (Fsp3) is 0.400. The van der Waals surface area contributed by atoms with Crippen LogP contribution >= 0.6 is 11.6 Å². The Bertz CT molecular complexity index is 1580. The van der Waals surface area contributed by atoms with Gasteiger partial charge in [-0.1, -0.05) is 23.7 Å². The first-order valence-corrected chi connectivity index (χ1v) is 14.0. The maximum absolute atomic E-state index is 15.2. The van der Waals surface area contributed by atoms with E-state index in [1.807, 2.05) is 4.90 Å². The lowest BCUT2D eigenvalue weighted by molar-refractivity contribution is -0.134. The minimum Gasteiger partial charge on any atom is -0.478 e. The Hall–Kier alpha value is -3.66. The van der Waals surface area contributed by atoms with E-state index in [0.717, 1.165) is 23.6 Å². The molecule has 7 nitrogen and oxygen atoms in total. The summed E-state index contributed by atoms with van der Waals surface area (Å²) in [6.07, 6.45) is 0.544. The Balaban J connectivity index is 1.48. The minimum absolute atomic E-state index is 0.00252. The van der Waals surface area contributed by atoms with E-state index in [0.29, 0.717) is 37.2 Å². The van der Waals surface area contributed by atoms with E-state index in [1.165, 1.54) is 30.3 Å². The normalized spacial score (nSPS) is 19.3. The number of nitrogens with zero attached hydrogens (tertiary/aromatic N) is 3. The summed E-state index contributed by atoms with van der Waals surface area (Å²) in [4.78, 5) is 40.6. The molecular weight excluding hydrogens is 559 g/mol. The lowest BCUT2D eigenvalue weighted by Crippen LogP contribution is -2.37. The van der Waals surface area contributed by atoms with Gasteiger partial charge < -0.3 is 10.0 Å². The first kappa shape index (κ1) is 27.5. The third-order valence-electron chi connectivity index (χ3n) is 8.67. The van der Waals surface area contributed by atoms with E-state index in [9.17, 15) is 28.3 Å². The summed E-state index contributed by atoms with van der Waals surface area (Å²) in [7, 11) is 0. The molecule has 2 aliphatic carbocycles. The van der Waals surface area contributed by atoms with Gasteiger partial charge in [0.1, 0.15) is 5.82 Å². The van der Waals surface area contributed by atoms with Gasteiger partial charge in [-0.25, -0.2) is 18.0 Å². The van der Waals surface area contributed by atoms with Crippen LogP contribution in [0, 0.1) is 11.7 Å². The van der Waals surface area contributed by atoms with Crippen LogP contribution in [0.5, 0.6) is 0 Å². The highest BCUT2D eigenvalue weighted by atomic mass is 35.5. The zero-order valence-corrected chi connectivity index (χ0v) is 22.8. The minimum atomic E-state index is -2.70. The first-order chi connectivity index (χ1) is 19.6. The molecule has 41 heavy (non-hydrogen) atoms. The van der Waals surface area contributed by atoms with Gasteiger partial charge in [0.25, 0.3) is 5.91 Å². The fourth-order valence-electron chi connectivity index (χ4n) is 6.24. The Morgan fingerprint density at radius 2 is 1.83 bits per heavy atom. The van der Waals surface area contributed by atoms with E-state index in [-0.39, 0.29) is 58.1 Å². The van der Waals surface area contributed by atoms with E-state index in [2.05, 4.69) is 5.10 Å². The number of amides is 1. The second-order valence-electron chi connectivity index (χ2n) is 11.1. The van der Waals surface area contributed by atoms with E-state index in [1.54, 1.807) is 0 Å². The molecule has 1 amide bonds. The molecule has 0 spiro atoms. The molecule has 3 aromatic rings. The number of fused-ring (bicyclic) bond motifs is 1. The summed E-state index contributed by atoms with van der Waals surface area (Å²) in [5.74, 6) is -3.27. The van der Waals surface area contributed by atoms with E-state index >= 15 is 4.39 Å². The lowest BCUT2D eigenvalue weighted by atomic mass is 9.84. The molecule has 2 aromatic carbocycles. The van der Waals surface area contributed by atoms with Crippen molar-refractivity contribution in [2.24, 2.45) is 5.92 Å². The largest absolute Gasteiger partial charge is 0.478 e. The third kappa shape index (κ3) is 4.62. The van der Waals surface area contributed by atoms with Gasteiger partial charge in [0, 0.05) is 36.6 Å². The predicted octanol–water partition coefficient (Wildman–Crippen LogP) is 5.75. The molecule has 11 heteroatoms. The molecule has 1 unspecified atom stereocenters. The van der Waals surface area contributed by atoms with Gasteiger partial charge in [-0.2, -0.15) is 9.78 Å². The molecular formula is C30H27ClF3N3O4. The molecule has 1 aliphatic heterocycles. The summed E-state index contributed by atoms with van der Waals surface area (Å²) < 4.78 is 44.6. The number of alkyl halides is 2. The Labute approximate surface area is 238 Å². The number of hydrogen-bond donors (Lipinski definition) is 1. The standard InChI is InChI=1S/C30H27ClF3N3O4/c31-21-5-3-4-20(30(10-11-30)29(33)34)24(21)27(39)37-23-15-16(26(38)36-12-1-2-13-36)6-9-19(23)25(35-37)18-8-7-17(28(40)41)14-22(18)32/h3-5,7-8,14,16,29H,1-2,6,9-13,15H2,(H,40,41). The number of carbonyl (C=O) groups is 3. The molecule has 0 radical (unpaired) electrons. The molecule has 6 rings (SSSR count). The molecule has 214 valence electrons. The zero-order chi connectivity index (χ0) is 29.1. The maximum atomic E-state index is 15.2. The van der Waals surface area contributed by atoms with Crippen LogP contribution < -0.4 is 0 Å². The van der Waals surface area contributed by atoms with E-state index in [4.69, 9.17) is 11.6 Å². The number of aromatic nitrogens is 2. The summed E-state index contributed by atoms with van der Waals surface area (Å²) in [5.41, 5.74) is -0.524. The second kappa shape index (κ2) is 10.3. The van der Waals surface area contributed by atoms with Crippen molar-refractivity contribution in [2.75, 3.05) is 13.1 Å². The summed E-state index contributed by atoms with van der Waals surface area (Å²) in [6, 6.07) is 7.92. The fourth-order valence-corrected chi connectivity index (χ4v) is 6.50. The van der Waals surface area contributed by atoms with Crippen molar-refractivity contribution >= 4 is 29.4 Å². The van der Waals surface area contributed by atoms with Crippen molar-refractivity contribution in [1.82, 2.24) is 14.7 Å². The van der Waals surface area contributed by atoms with Gasteiger partial charge >= 0.3 is 5.97 Å². The van der Waals surface area contributed by atoms with Gasteiger partial charge in [-0.3, -0.25) is 9.59 Å². The number of carboxylic acids is 1. The number of carboxylic acid groups (broad SMARTS) is 1. The monoisotopic (exact) mass is 585 g/mol. The van der Waals surface area contributed by atoms with Crippen LogP contribution in [0.3, 0.4) is 0 Å². The molecule has 1 saturated heterocycles. The summed E-state index contributed by atoms with van der Waals surface area (Å²) >= 11 is 6.47. The van der Waals surface area contributed by atoms with Crippen molar-refractivity contribution in [1.29, 1.82) is 0 Å². The van der Waals surface area contributed by atoms with Crippen LogP contribution in [0.2, 0.25) is 5.02 Å². The predicted molar refractivity (Wildman–Crippen MR) is 144 cm³/mol. The molecule has 2 heterocycles. The van der Waals surface area contributed by atoms with Crippen molar-refractivity contribution in [2.45, 2.75) is 56.8 Å². The molecule has 0 bridgehead atoms. The van der Waals surface area contributed by atoms with Crippen LogP contribution in [0.15, 0.2) is 36.4 Å². The molecule has 1 atom stereocenters. The van der Waals surface area contributed by atoms with Crippen LogP contribution in [0.4, 0.5) is 13.2 Å². The van der Waals surface area contributed by atoms with Crippen LogP contribution in [-0.2, 0) is 23.1 Å². The number of carbonyl (C=O) groups excluding carboxylic acids is 2. The number of halogens is 4. The molecule has 2 fully saturated rings. The number of aromatic carboxylic acids is 1. The smallest absolute Gasteiger partial charge is 0.335 e. The Kier molecular flexibility index (Phi) is 6.92. The summed E-state index contributed by atoms with van der Waals surface area (Å²) in [6.45, 7) is 1.34. The molecule has 3 aliphatic rings. The third-order valence-corrected chi connectivity index (χ3v) is 8.99. The van der Waals surface area contributed by atoms with Crippen molar-refractivity contribution in [3.8, 4) is 11.3 Å². The van der Waals surface area contributed by atoms with Crippen molar-refractivity contribution in [3.63, 3.8) is 0 Å². The Morgan fingerprint density at radius 1 is 1.10 bits per heavy atom.